The number of hydrogen-bond acceptors (Lipinski definition) is 9. The van der Waals surface area contributed by atoms with Crippen LogP contribution in [-0.2, 0) is 19.1 Å². The Balaban J connectivity index is 1.27. The molecule has 37 heavy (non-hydrogen) atoms. The zero-order valence-electron chi connectivity index (χ0n) is 21.6. The van der Waals surface area contributed by atoms with E-state index >= 15 is 0 Å². The zero-order valence-corrected chi connectivity index (χ0v) is 21.6. The number of carboxylic acids is 1. The van der Waals surface area contributed by atoms with E-state index in [-0.39, 0.29) is 29.1 Å². The van der Waals surface area contributed by atoms with Crippen LogP contribution < -0.4 is 0 Å². The smallest absolute Gasteiger partial charge is 0.335 e. The monoisotopic (exact) mass is 526 g/mol. The Morgan fingerprint density at radius 3 is 2.35 bits per heavy atom. The minimum absolute atomic E-state index is 0.00532. The van der Waals surface area contributed by atoms with Gasteiger partial charge in [0.05, 0.1) is 12.2 Å². The van der Waals surface area contributed by atoms with Crippen LogP contribution in [0.1, 0.15) is 65.2 Å². The van der Waals surface area contributed by atoms with Crippen molar-refractivity contribution < 1.29 is 49.7 Å². The van der Waals surface area contributed by atoms with Crippen molar-refractivity contribution in [3.05, 3.63) is 0 Å². The molecule has 4 saturated carbocycles. The van der Waals surface area contributed by atoms with E-state index in [9.17, 15) is 40.2 Å². The molecule has 0 aromatic rings. The van der Waals surface area contributed by atoms with E-state index in [4.69, 9.17) is 9.47 Å². The lowest BCUT2D eigenvalue weighted by Crippen LogP contribution is -2.60. The van der Waals surface area contributed by atoms with E-state index in [0.29, 0.717) is 30.6 Å². The highest BCUT2D eigenvalue weighted by molar-refractivity contribution is 5.83. The number of Topliss-reactive ketones (excluding diaryl/α,β-unsaturated/α-hetero) is 1. The van der Waals surface area contributed by atoms with E-state index in [1.807, 2.05) is 0 Å². The highest BCUT2D eigenvalue weighted by Gasteiger charge is 2.64. The van der Waals surface area contributed by atoms with E-state index in [1.54, 1.807) is 0 Å². The van der Waals surface area contributed by atoms with Gasteiger partial charge in [-0.3, -0.25) is 4.79 Å². The molecule has 0 aromatic carbocycles. The number of rotatable bonds is 5. The summed E-state index contributed by atoms with van der Waals surface area (Å²) in [4.78, 5) is 24.8. The SMILES string of the molecule is C[C@]12CC[C@@H](O)C[C@H]1CC[C@@H]1[C@@H]2[C@H](O)C[C@]2(C)[C@@H](C(=O)COC3O[C@H](C(=O)O)[C@@H](O)[C@@H](O)[C@H]3O)CC[C@@H]12. The van der Waals surface area contributed by atoms with Crippen molar-refractivity contribution in [2.75, 3.05) is 6.61 Å². The minimum atomic E-state index is -1.82. The maximum absolute atomic E-state index is 13.4. The molecule has 210 valence electrons. The Morgan fingerprint density at radius 2 is 1.65 bits per heavy atom. The Labute approximate surface area is 217 Å². The largest absolute Gasteiger partial charge is 0.479 e. The number of carbonyl (C=O) groups excluding carboxylic acids is 1. The number of carboxylic acid groups (broad SMARTS) is 1. The zero-order chi connectivity index (χ0) is 26.9. The van der Waals surface area contributed by atoms with Gasteiger partial charge in [-0.25, -0.2) is 4.79 Å². The van der Waals surface area contributed by atoms with Crippen LogP contribution in [0.5, 0.6) is 0 Å². The van der Waals surface area contributed by atoms with E-state index < -0.39 is 54.8 Å². The standard InChI is InChI=1S/C27H42O10/c1-26-8-7-13(28)9-12(26)3-4-14-15-5-6-16(27(15,2)10-17(29)19(14)26)18(30)11-36-25-22(33)20(31)21(32)23(37-25)24(34)35/h12-17,19-23,25,28-29,31-33H,3-11H2,1-2H3,(H,34,35)/t12-,13-,14+,15+,16-,17-,19-,20-,21+,22-,23+,25?,26+,27+/m1/s1. The molecule has 1 unspecified atom stereocenters. The van der Waals surface area contributed by atoms with Gasteiger partial charge in [0.1, 0.15) is 24.9 Å². The molecule has 1 aliphatic heterocycles. The summed E-state index contributed by atoms with van der Waals surface area (Å²) < 4.78 is 10.6. The first-order valence-corrected chi connectivity index (χ1v) is 13.8. The molecular formula is C27H42O10. The van der Waals surface area contributed by atoms with Crippen LogP contribution in [-0.4, -0.2) is 91.9 Å². The molecule has 14 atom stereocenters. The van der Waals surface area contributed by atoms with Gasteiger partial charge in [-0.05, 0) is 85.9 Å². The van der Waals surface area contributed by atoms with Gasteiger partial charge in [-0.2, -0.15) is 0 Å². The molecule has 10 heteroatoms. The lowest BCUT2D eigenvalue weighted by Gasteiger charge is -2.62. The fourth-order valence-electron chi connectivity index (χ4n) is 9.34. The number of ether oxygens (including phenoxy) is 2. The Bertz CT molecular complexity index is 896. The topological polar surface area (TPSA) is 174 Å². The molecule has 10 nitrogen and oxygen atoms in total. The van der Waals surface area contributed by atoms with Gasteiger partial charge in [0.2, 0.25) is 0 Å². The van der Waals surface area contributed by atoms with Crippen molar-refractivity contribution in [2.24, 2.45) is 40.4 Å². The van der Waals surface area contributed by atoms with Gasteiger partial charge in [0.25, 0.3) is 0 Å². The van der Waals surface area contributed by atoms with Crippen LogP contribution in [0, 0.1) is 40.4 Å². The van der Waals surface area contributed by atoms with Crippen LogP contribution in [0.4, 0.5) is 0 Å². The lowest BCUT2D eigenvalue weighted by atomic mass is 9.44. The third-order valence-electron chi connectivity index (χ3n) is 11.2. The number of hydrogen-bond donors (Lipinski definition) is 6. The maximum Gasteiger partial charge on any atom is 0.335 e. The summed E-state index contributed by atoms with van der Waals surface area (Å²) in [5.74, 6) is -0.864. The third-order valence-corrected chi connectivity index (χ3v) is 11.2. The van der Waals surface area contributed by atoms with Gasteiger partial charge in [0, 0.05) is 5.92 Å². The summed E-state index contributed by atoms with van der Waals surface area (Å²) in [6.45, 7) is 3.97. The molecule has 0 radical (unpaired) electrons. The maximum atomic E-state index is 13.4. The number of aliphatic hydroxyl groups is 5. The number of carbonyl (C=O) groups is 2. The summed E-state index contributed by atoms with van der Waals surface area (Å²) in [6, 6.07) is 0. The first-order valence-electron chi connectivity index (χ1n) is 13.8. The molecule has 0 aromatic heterocycles. The lowest BCUT2D eigenvalue weighted by molar-refractivity contribution is -0.292. The predicted octanol–water partition coefficient (Wildman–Crippen LogP) is 0.455. The van der Waals surface area contributed by atoms with Crippen LogP contribution >= 0.6 is 0 Å². The van der Waals surface area contributed by atoms with Crippen molar-refractivity contribution in [1.29, 1.82) is 0 Å². The fraction of sp³-hybridized carbons (Fsp3) is 0.926. The minimum Gasteiger partial charge on any atom is -0.479 e. The second-order valence-corrected chi connectivity index (χ2v) is 12.9. The summed E-state index contributed by atoms with van der Waals surface area (Å²) in [7, 11) is 0. The van der Waals surface area contributed by atoms with Crippen molar-refractivity contribution in [2.45, 2.75) is 108 Å². The van der Waals surface area contributed by atoms with E-state index in [0.717, 1.165) is 38.5 Å². The van der Waals surface area contributed by atoms with Gasteiger partial charge in [-0.15, -0.1) is 0 Å². The van der Waals surface area contributed by atoms with Crippen LogP contribution in [0.15, 0.2) is 0 Å². The summed E-state index contributed by atoms with van der Waals surface area (Å²) in [6.07, 6.45) is -2.84. The average Bonchev–Trinajstić information content (AvgIpc) is 3.18. The number of ketones is 1. The average molecular weight is 527 g/mol. The molecule has 6 N–H and O–H groups in total. The van der Waals surface area contributed by atoms with E-state index in [1.165, 1.54) is 0 Å². The predicted molar refractivity (Wildman–Crippen MR) is 128 cm³/mol. The van der Waals surface area contributed by atoms with Crippen molar-refractivity contribution in [1.82, 2.24) is 0 Å². The van der Waals surface area contributed by atoms with E-state index in [2.05, 4.69) is 13.8 Å². The van der Waals surface area contributed by atoms with Crippen molar-refractivity contribution in [3.63, 3.8) is 0 Å². The van der Waals surface area contributed by atoms with Crippen molar-refractivity contribution >= 4 is 11.8 Å². The third kappa shape index (κ3) is 4.37. The summed E-state index contributed by atoms with van der Waals surface area (Å²) in [5, 5.41) is 61.1. The number of aliphatic hydroxyl groups excluding tert-OH is 5. The molecule has 0 bridgehead atoms. The van der Waals surface area contributed by atoms with Gasteiger partial charge in [-0.1, -0.05) is 13.8 Å². The Hall–Kier alpha value is -1.14. The summed E-state index contributed by atoms with van der Waals surface area (Å²) >= 11 is 0. The molecular weight excluding hydrogens is 484 g/mol. The van der Waals surface area contributed by atoms with Gasteiger partial charge >= 0.3 is 5.97 Å². The second kappa shape index (κ2) is 9.80. The molecule has 5 rings (SSSR count). The molecule has 1 saturated heterocycles. The number of fused-ring (bicyclic) bond motifs is 5. The van der Waals surface area contributed by atoms with Gasteiger partial charge < -0.3 is 40.1 Å². The molecule has 5 aliphatic rings. The fourth-order valence-corrected chi connectivity index (χ4v) is 9.34. The Morgan fingerprint density at radius 1 is 0.919 bits per heavy atom. The molecule has 5 fully saturated rings. The highest BCUT2D eigenvalue weighted by Crippen LogP contribution is 2.67. The molecule has 0 spiro atoms. The molecule has 1 heterocycles. The quantitative estimate of drug-likeness (QED) is 0.295. The highest BCUT2D eigenvalue weighted by atomic mass is 16.7. The summed E-state index contributed by atoms with van der Waals surface area (Å²) in [5.41, 5.74) is -0.404. The van der Waals surface area contributed by atoms with Crippen molar-refractivity contribution in [3.8, 4) is 0 Å². The van der Waals surface area contributed by atoms with Crippen LogP contribution in [0.2, 0.25) is 0 Å². The van der Waals surface area contributed by atoms with Gasteiger partial charge in [0.15, 0.2) is 18.2 Å². The normalized spacial score (nSPS) is 53.6. The first-order chi connectivity index (χ1) is 17.4. The molecule has 0 amide bonds. The Kier molecular flexibility index (Phi) is 7.26. The first kappa shape index (κ1) is 27.4. The molecule has 4 aliphatic carbocycles. The number of aliphatic carboxylic acids is 1. The van der Waals surface area contributed by atoms with Crippen LogP contribution in [0.3, 0.4) is 0 Å². The van der Waals surface area contributed by atoms with Crippen LogP contribution in [0.25, 0.3) is 0 Å². The second-order valence-electron chi connectivity index (χ2n) is 12.9.